The van der Waals surface area contributed by atoms with E-state index >= 15 is 0 Å². The predicted octanol–water partition coefficient (Wildman–Crippen LogP) is 1.31. The Balaban J connectivity index is 2.09. The van der Waals surface area contributed by atoms with Gasteiger partial charge in [0.2, 0.25) is 11.8 Å². The number of rotatable bonds is 14. The van der Waals surface area contributed by atoms with Crippen LogP contribution < -0.4 is 21.3 Å². The van der Waals surface area contributed by atoms with E-state index in [0.717, 1.165) is 11.1 Å². The van der Waals surface area contributed by atoms with E-state index in [1.54, 1.807) is 20.8 Å². The van der Waals surface area contributed by atoms with Gasteiger partial charge in [0.25, 0.3) is 0 Å². The van der Waals surface area contributed by atoms with Crippen LogP contribution in [0.5, 0.6) is 0 Å². The summed E-state index contributed by atoms with van der Waals surface area (Å²) in [7, 11) is 1.48. The molecule has 39 heavy (non-hydrogen) atoms. The minimum atomic E-state index is -1.25. The summed E-state index contributed by atoms with van der Waals surface area (Å²) >= 11 is 0. The van der Waals surface area contributed by atoms with Crippen LogP contribution in [0.25, 0.3) is 0 Å². The summed E-state index contributed by atoms with van der Waals surface area (Å²) < 4.78 is 0. The molecule has 0 radical (unpaired) electrons. The standard InChI is InChI=1S/C29H42N4O6/c1-29(2,3)25(26(36)30-4)27(37)32-21(15-19-11-7-5-8-12-19)23(34)17-31-18-24(35)22(33-28(38)39)16-20-13-9-6-10-14-20/h5-14,21-25,31,33-35H,15-18H2,1-4H3,(H,30,36)(H,32,37)(H,38,39)/t21-,22-,23?,24+,25?/m0/s1. The van der Waals surface area contributed by atoms with Gasteiger partial charge in [-0.3, -0.25) is 9.59 Å². The number of hydrogen-bond acceptors (Lipinski definition) is 6. The highest BCUT2D eigenvalue weighted by Crippen LogP contribution is 2.26. The number of amides is 3. The lowest BCUT2D eigenvalue weighted by Gasteiger charge is -2.32. The van der Waals surface area contributed by atoms with Gasteiger partial charge in [-0.2, -0.15) is 0 Å². The molecule has 0 aliphatic heterocycles. The predicted molar refractivity (Wildman–Crippen MR) is 149 cm³/mol. The minimum Gasteiger partial charge on any atom is -0.465 e. The van der Waals surface area contributed by atoms with Crippen LogP contribution in [0.4, 0.5) is 4.79 Å². The molecule has 10 nitrogen and oxygen atoms in total. The highest BCUT2D eigenvalue weighted by atomic mass is 16.4. The van der Waals surface area contributed by atoms with Crippen molar-refractivity contribution in [1.82, 2.24) is 21.3 Å². The summed E-state index contributed by atoms with van der Waals surface area (Å²) in [6.45, 7) is 5.42. The Kier molecular flexibility index (Phi) is 12.4. The number of nitrogens with one attached hydrogen (secondary N) is 4. The van der Waals surface area contributed by atoms with E-state index in [9.17, 15) is 29.7 Å². The van der Waals surface area contributed by atoms with Crippen molar-refractivity contribution < 1.29 is 29.7 Å². The smallest absolute Gasteiger partial charge is 0.404 e. The normalized spacial score (nSPS) is 15.3. The second kappa shape index (κ2) is 15.2. The van der Waals surface area contributed by atoms with Gasteiger partial charge in [-0.25, -0.2) is 4.79 Å². The molecule has 3 amide bonds. The third-order valence-corrected chi connectivity index (χ3v) is 6.51. The average Bonchev–Trinajstić information content (AvgIpc) is 2.87. The lowest BCUT2D eigenvalue weighted by Crippen LogP contribution is -2.55. The number of carboxylic acid groups (broad SMARTS) is 1. The van der Waals surface area contributed by atoms with E-state index in [1.807, 2.05) is 60.7 Å². The molecule has 2 aromatic carbocycles. The molecule has 10 heteroatoms. The number of benzene rings is 2. The van der Waals surface area contributed by atoms with E-state index in [-0.39, 0.29) is 13.1 Å². The van der Waals surface area contributed by atoms with Crippen molar-refractivity contribution in [2.75, 3.05) is 20.1 Å². The van der Waals surface area contributed by atoms with Crippen LogP contribution in [0.1, 0.15) is 31.9 Å². The SMILES string of the molecule is CNC(=O)C(C(=O)N[C@@H](Cc1ccccc1)C(O)CNC[C@@H](O)[C@H](Cc1ccccc1)NC(=O)O)C(C)(C)C. The zero-order valence-electron chi connectivity index (χ0n) is 23.1. The van der Waals surface area contributed by atoms with Crippen LogP contribution in [-0.4, -0.2) is 77.7 Å². The van der Waals surface area contributed by atoms with E-state index in [4.69, 9.17) is 0 Å². The van der Waals surface area contributed by atoms with Gasteiger partial charge in [0, 0.05) is 20.1 Å². The summed E-state index contributed by atoms with van der Waals surface area (Å²) in [5.74, 6) is -1.87. The van der Waals surface area contributed by atoms with Crippen LogP contribution in [0.15, 0.2) is 60.7 Å². The zero-order chi connectivity index (χ0) is 29.0. The van der Waals surface area contributed by atoms with Crippen molar-refractivity contribution in [2.45, 2.75) is 57.9 Å². The zero-order valence-corrected chi connectivity index (χ0v) is 23.1. The van der Waals surface area contributed by atoms with Crippen molar-refractivity contribution in [3.63, 3.8) is 0 Å². The molecule has 0 heterocycles. The molecule has 0 spiro atoms. The Bertz CT molecular complexity index is 1040. The monoisotopic (exact) mass is 542 g/mol. The van der Waals surface area contributed by atoms with E-state index < -0.39 is 53.5 Å². The molecule has 0 aromatic heterocycles. The summed E-state index contributed by atoms with van der Waals surface area (Å²) in [5, 5.41) is 41.8. The number of aliphatic hydroxyl groups is 2. The van der Waals surface area contributed by atoms with Gasteiger partial charge in [-0.05, 0) is 29.4 Å². The highest BCUT2D eigenvalue weighted by Gasteiger charge is 2.38. The molecule has 0 fully saturated rings. The summed E-state index contributed by atoms with van der Waals surface area (Å²) in [6, 6.07) is 17.1. The molecule has 5 atom stereocenters. The van der Waals surface area contributed by atoms with Gasteiger partial charge in [0.05, 0.1) is 24.3 Å². The van der Waals surface area contributed by atoms with Gasteiger partial charge in [-0.15, -0.1) is 0 Å². The fraction of sp³-hybridized carbons (Fsp3) is 0.483. The Labute approximate surface area is 230 Å². The van der Waals surface area contributed by atoms with Crippen LogP contribution in [0.2, 0.25) is 0 Å². The molecule has 0 saturated carbocycles. The Hall–Kier alpha value is -3.47. The molecule has 0 aliphatic carbocycles. The Morgan fingerprint density at radius 3 is 1.56 bits per heavy atom. The van der Waals surface area contributed by atoms with Crippen molar-refractivity contribution in [1.29, 1.82) is 0 Å². The average molecular weight is 543 g/mol. The Morgan fingerprint density at radius 1 is 0.744 bits per heavy atom. The highest BCUT2D eigenvalue weighted by molar-refractivity contribution is 6.01. The molecular weight excluding hydrogens is 500 g/mol. The Morgan fingerprint density at radius 2 is 1.18 bits per heavy atom. The first kappa shape index (κ1) is 31.7. The van der Waals surface area contributed by atoms with Crippen molar-refractivity contribution in [2.24, 2.45) is 11.3 Å². The van der Waals surface area contributed by atoms with Gasteiger partial charge < -0.3 is 36.6 Å². The maximum Gasteiger partial charge on any atom is 0.404 e. The fourth-order valence-electron chi connectivity index (χ4n) is 4.44. The lowest BCUT2D eigenvalue weighted by molar-refractivity contribution is -0.140. The molecule has 7 N–H and O–H groups in total. The number of hydrogen-bond donors (Lipinski definition) is 7. The third kappa shape index (κ3) is 10.7. The summed E-state index contributed by atoms with van der Waals surface area (Å²) in [5.41, 5.74) is 1.10. The molecule has 2 aromatic rings. The second-order valence-corrected chi connectivity index (χ2v) is 10.8. The first-order valence-electron chi connectivity index (χ1n) is 13.1. The van der Waals surface area contributed by atoms with Crippen LogP contribution in [0.3, 0.4) is 0 Å². The fourth-order valence-corrected chi connectivity index (χ4v) is 4.44. The number of carbonyl (C=O) groups excluding carboxylic acids is 2. The van der Waals surface area contributed by atoms with Crippen LogP contribution >= 0.6 is 0 Å². The van der Waals surface area contributed by atoms with Crippen molar-refractivity contribution >= 4 is 17.9 Å². The van der Waals surface area contributed by atoms with Crippen LogP contribution in [0, 0.1) is 11.3 Å². The molecule has 0 aliphatic rings. The van der Waals surface area contributed by atoms with Crippen molar-refractivity contribution in [3.05, 3.63) is 71.8 Å². The maximum atomic E-state index is 13.2. The van der Waals surface area contributed by atoms with Gasteiger partial charge >= 0.3 is 6.09 Å². The van der Waals surface area contributed by atoms with E-state index in [2.05, 4.69) is 21.3 Å². The quantitative estimate of drug-likeness (QED) is 0.177. The third-order valence-electron chi connectivity index (χ3n) is 6.51. The first-order chi connectivity index (χ1) is 18.4. The first-order valence-corrected chi connectivity index (χ1v) is 13.1. The number of carbonyl (C=O) groups is 3. The largest absolute Gasteiger partial charge is 0.465 e. The molecule has 0 bridgehead atoms. The molecule has 0 saturated heterocycles. The summed E-state index contributed by atoms with van der Waals surface area (Å²) in [4.78, 5) is 37.0. The van der Waals surface area contributed by atoms with Crippen LogP contribution in [-0.2, 0) is 22.4 Å². The topological polar surface area (TPSA) is 160 Å². The molecular formula is C29H42N4O6. The molecule has 2 unspecified atom stereocenters. The molecule has 2 rings (SSSR count). The molecule has 214 valence electrons. The summed E-state index contributed by atoms with van der Waals surface area (Å²) in [6.07, 6.45) is -2.77. The van der Waals surface area contributed by atoms with Gasteiger partial charge in [0.1, 0.15) is 5.92 Å². The number of aliphatic hydroxyl groups excluding tert-OH is 2. The van der Waals surface area contributed by atoms with E-state index in [0.29, 0.717) is 12.8 Å². The van der Waals surface area contributed by atoms with Gasteiger partial charge in [0.15, 0.2) is 0 Å². The maximum absolute atomic E-state index is 13.2. The van der Waals surface area contributed by atoms with Gasteiger partial charge in [-0.1, -0.05) is 81.4 Å². The minimum absolute atomic E-state index is 0.00367. The van der Waals surface area contributed by atoms with Crippen molar-refractivity contribution in [3.8, 4) is 0 Å². The second-order valence-electron chi connectivity index (χ2n) is 10.8. The lowest BCUT2D eigenvalue weighted by atomic mass is 9.79. The van der Waals surface area contributed by atoms with E-state index in [1.165, 1.54) is 7.05 Å².